The highest BCUT2D eigenvalue weighted by molar-refractivity contribution is 6.28. The Hall–Kier alpha value is -2.74. The molecule has 0 aliphatic heterocycles. The van der Waals surface area contributed by atoms with E-state index in [1.54, 1.807) is 0 Å². The Labute approximate surface area is 123 Å². The van der Waals surface area contributed by atoms with Gasteiger partial charge in [0.1, 0.15) is 5.82 Å². The molecule has 1 aromatic heterocycles. The first-order valence-electron chi connectivity index (χ1n) is 5.64. The highest BCUT2D eigenvalue weighted by Gasteiger charge is 2.22. The molecular formula is C12H9ClN4O4. The molecule has 0 atom stereocenters. The summed E-state index contributed by atoms with van der Waals surface area (Å²) in [5.41, 5.74) is -0.285. The number of benzene rings is 1. The Kier molecular flexibility index (Phi) is 4.29. The van der Waals surface area contributed by atoms with Gasteiger partial charge < -0.3 is 10.1 Å². The maximum absolute atomic E-state index is 12.2. The summed E-state index contributed by atoms with van der Waals surface area (Å²) >= 11 is 5.61. The predicted molar refractivity (Wildman–Crippen MR) is 74.6 cm³/mol. The summed E-state index contributed by atoms with van der Waals surface area (Å²) in [5, 5.41) is 13.3. The third kappa shape index (κ3) is 3.23. The number of nitro benzene ring substituents is 1. The van der Waals surface area contributed by atoms with Crippen LogP contribution in [0.15, 0.2) is 30.5 Å². The molecule has 8 nitrogen and oxygen atoms in total. The molecule has 0 spiro atoms. The standard InChI is InChI=1S/C12H9ClN4O4/c1-21-10-7(3-2-4-8(10)17(19)20)11(18)15-9-5-6-14-12(13)16-9/h2-6H,1H3,(H,14,15,16,18). The molecule has 0 saturated heterocycles. The molecule has 1 aromatic carbocycles. The van der Waals surface area contributed by atoms with Crippen LogP contribution in [0.2, 0.25) is 5.28 Å². The van der Waals surface area contributed by atoms with Crippen molar-refractivity contribution in [2.75, 3.05) is 12.4 Å². The third-order valence-electron chi connectivity index (χ3n) is 2.51. The smallest absolute Gasteiger partial charge is 0.311 e. The SMILES string of the molecule is COc1c(C(=O)Nc2ccnc(Cl)n2)cccc1[N+](=O)[O-]. The summed E-state index contributed by atoms with van der Waals surface area (Å²) in [6.07, 6.45) is 1.37. The molecule has 1 heterocycles. The Bertz CT molecular complexity index is 707. The number of carbonyl (C=O) groups is 1. The topological polar surface area (TPSA) is 107 Å². The van der Waals surface area contributed by atoms with E-state index >= 15 is 0 Å². The molecule has 2 rings (SSSR count). The fourth-order valence-corrected chi connectivity index (χ4v) is 1.80. The predicted octanol–water partition coefficient (Wildman–Crippen LogP) is 2.30. The van der Waals surface area contributed by atoms with E-state index in [-0.39, 0.29) is 28.1 Å². The molecule has 21 heavy (non-hydrogen) atoms. The summed E-state index contributed by atoms with van der Waals surface area (Å²) in [7, 11) is 1.25. The Morgan fingerprint density at radius 2 is 2.19 bits per heavy atom. The van der Waals surface area contributed by atoms with Gasteiger partial charge in [0.15, 0.2) is 0 Å². The highest BCUT2D eigenvalue weighted by Crippen LogP contribution is 2.30. The van der Waals surface area contributed by atoms with Gasteiger partial charge in [-0.05, 0) is 23.7 Å². The molecule has 0 fully saturated rings. The molecule has 0 saturated carbocycles. The van der Waals surface area contributed by atoms with Gasteiger partial charge in [-0.3, -0.25) is 14.9 Å². The first kappa shape index (κ1) is 14.7. The van der Waals surface area contributed by atoms with Crippen molar-refractivity contribution in [3.8, 4) is 5.75 Å². The van der Waals surface area contributed by atoms with E-state index < -0.39 is 10.8 Å². The minimum absolute atomic E-state index is 0.0152. The van der Waals surface area contributed by atoms with Crippen LogP contribution < -0.4 is 10.1 Å². The molecule has 0 unspecified atom stereocenters. The van der Waals surface area contributed by atoms with Gasteiger partial charge in [0.25, 0.3) is 5.91 Å². The number of para-hydroxylation sites is 1. The number of nitrogens with zero attached hydrogens (tertiary/aromatic N) is 3. The lowest BCUT2D eigenvalue weighted by molar-refractivity contribution is -0.385. The van der Waals surface area contributed by atoms with Crippen LogP contribution in [0.3, 0.4) is 0 Å². The molecule has 9 heteroatoms. The number of rotatable bonds is 4. The van der Waals surface area contributed by atoms with Crippen LogP contribution in [0, 0.1) is 10.1 Å². The minimum atomic E-state index is -0.628. The largest absolute Gasteiger partial charge is 0.490 e. The minimum Gasteiger partial charge on any atom is -0.490 e. The summed E-state index contributed by atoms with van der Waals surface area (Å²) in [6, 6.07) is 5.48. The highest BCUT2D eigenvalue weighted by atomic mass is 35.5. The van der Waals surface area contributed by atoms with Crippen LogP contribution in [-0.4, -0.2) is 27.9 Å². The second kappa shape index (κ2) is 6.14. The molecule has 0 aliphatic rings. The Balaban J connectivity index is 2.35. The van der Waals surface area contributed by atoms with Gasteiger partial charge in [0.2, 0.25) is 11.0 Å². The second-order valence-corrected chi connectivity index (χ2v) is 4.12. The van der Waals surface area contributed by atoms with E-state index in [0.29, 0.717) is 0 Å². The average molecular weight is 309 g/mol. The quantitative estimate of drug-likeness (QED) is 0.527. The van der Waals surface area contributed by atoms with Gasteiger partial charge in [-0.2, -0.15) is 0 Å². The van der Waals surface area contributed by atoms with E-state index in [2.05, 4.69) is 15.3 Å². The number of anilines is 1. The van der Waals surface area contributed by atoms with Crippen LogP contribution in [0.4, 0.5) is 11.5 Å². The first-order valence-corrected chi connectivity index (χ1v) is 6.02. The lowest BCUT2D eigenvalue weighted by Crippen LogP contribution is -2.15. The van der Waals surface area contributed by atoms with Crippen molar-refractivity contribution in [2.24, 2.45) is 0 Å². The molecule has 0 aliphatic carbocycles. The number of carbonyl (C=O) groups excluding carboxylic acids is 1. The number of amides is 1. The fourth-order valence-electron chi connectivity index (χ4n) is 1.65. The number of halogens is 1. The second-order valence-electron chi connectivity index (χ2n) is 3.78. The Morgan fingerprint density at radius 1 is 1.43 bits per heavy atom. The normalized spacial score (nSPS) is 10.0. The van der Waals surface area contributed by atoms with E-state index in [4.69, 9.17) is 16.3 Å². The zero-order valence-electron chi connectivity index (χ0n) is 10.7. The van der Waals surface area contributed by atoms with Gasteiger partial charge in [-0.15, -0.1) is 0 Å². The molecule has 0 bridgehead atoms. The maximum Gasteiger partial charge on any atom is 0.311 e. The number of methoxy groups -OCH3 is 1. The zero-order valence-corrected chi connectivity index (χ0v) is 11.5. The molecule has 2 aromatic rings. The zero-order chi connectivity index (χ0) is 15.4. The summed E-state index contributed by atoms with van der Waals surface area (Å²) < 4.78 is 4.96. The molecule has 1 amide bonds. The van der Waals surface area contributed by atoms with Crippen LogP contribution in [-0.2, 0) is 0 Å². The van der Waals surface area contributed by atoms with Crippen molar-refractivity contribution in [3.63, 3.8) is 0 Å². The lowest BCUT2D eigenvalue weighted by atomic mass is 10.1. The van der Waals surface area contributed by atoms with Gasteiger partial charge in [-0.1, -0.05) is 6.07 Å². The number of hydrogen-bond donors (Lipinski definition) is 1. The summed E-state index contributed by atoms with van der Waals surface area (Å²) in [4.78, 5) is 29.9. The fraction of sp³-hybridized carbons (Fsp3) is 0.0833. The third-order valence-corrected chi connectivity index (χ3v) is 2.69. The first-order chi connectivity index (χ1) is 10.0. The molecule has 1 N–H and O–H groups in total. The number of ether oxygens (including phenoxy) is 1. The van der Waals surface area contributed by atoms with Crippen LogP contribution >= 0.6 is 11.6 Å². The van der Waals surface area contributed by atoms with Gasteiger partial charge in [0.05, 0.1) is 17.6 Å². The summed E-state index contributed by atoms with van der Waals surface area (Å²) in [6.45, 7) is 0. The monoisotopic (exact) mass is 308 g/mol. The molecule has 0 radical (unpaired) electrons. The van der Waals surface area contributed by atoms with E-state index in [9.17, 15) is 14.9 Å². The van der Waals surface area contributed by atoms with Crippen LogP contribution in [0.25, 0.3) is 0 Å². The summed E-state index contributed by atoms with van der Waals surface area (Å²) in [5.74, 6) is -0.556. The van der Waals surface area contributed by atoms with E-state index in [1.165, 1.54) is 37.6 Å². The number of hydrogen-bond acceptors (Lipinski definition) is 6. The van der Waals surface area contributed by atoms with Crippen LogP contribution in [0.5, 0.6) is 5.75 Å². The van der Waals surface area contributed by atoms with Crippen molar-refractivity contribution >= 4 is 29.0 Å². The van der Waals surface area contributed by atoms with Gasteiger partial charge in [-0.25, -0.2) is 9.97 Å². The Morgan fingerprint density at radius 3 is 2.81 bits per heavy atom. The van der Waals surface area contributed by atoms with Crippen molar-refractivity contribution < 1.29 is 14.5 Å². The lowest BCUT2D eigenvalue weighted by Gasteiger charge is -2.09. The van der Waals surface area contributed by atoms with Crippen molar-refractivity contribution in [3.05, 3.63) is 51.4 Å². The van der Waals surface area contributed by atoms with Gasteiger partial charge >= 0.3 is 5.69 Å². The van der Waals surface area contributed by atoms with E-state index in [0.717, 1.165) is 0 Å². The van der Waals surface area contributed by atoms with Crippen molar-refractivity contribution in [1.29, 1.82) is 0 Å². The van der Waals surface area contributed by atoms with Crippen LogP contribution in [0.1, 0.15) is 10.4 Å². The molecule has 108 valence electrons. The van der Waals surface area contributed by atoms with E-state index in [1.807, 2.05) is 0 Å². The number of nitrogens with one attached hydrogen (secondary N) is 1. The number of aromatic nitrogens is 2. The van der Waals surface area contributed by atoms with Crippen molar-refractivity contribution in [1.82, 2.24) is 9.97 Å². The average Bonchev–Trinajstić information content (AvgIpc) is 2.46. The van der Waals surface area contributed by atoms with Gasteiger partial charge in [0, 0.05) is 12.3 Å². The molecular weight excluding hydrogens is 300 g/mol. The van der Waals surface area contributed by atoms with Crippen molar-refractivity contribution in [2.45, 2.75) is 0 Å². The number of nitro groups is 1. The maximum atomic E-state index is 12.2.